The highest BCUT2D eigenvalue weighted by atomic mass is 79.9. The Hall–Kier alpha value is 0.430. The normalized spacial score (nSPS) is 34.6. The minimum atomic E-state index is -0.675. The van der Waals surface area contributed by atoms with Gasteiger partial charge in [0.05, 0.1) is 9.15 Å². The molecule has 0 spiro atoms. The molecule has 0 radical (unpaired) electrons. The van der Waals surface area contributed by atoms with Gasteiger partial charge in [0.25, 0.3) is 0 Å². The van der Waals surface area contributed by atoms with Crippen molar-refractivity contribution in [2.24, 2.45) is 11.8 Å². The zero-order valence-electron chi connectivity index (χ0n) is 6.89. The van der Waals surface area contributed by atoms with Crippen LogP contribution < -0.4 is 0 Å². The Kier molecular flexibility index (Phi) is 3.21. The fourth-order valence-corrected chi connectivity index (χ4v) is 2.87. The summed E-state index contributed by atoms with van der Waals surface area (Å²) in [6.07, 6.45) is 2.77. The van der Waals surface area contributed by atoms with Crippen molar-refractivity contribution >= 4 is 37.8 Å². The van der Waals surface area contributed by atoms with Crippen LogP contribution in [0.2, 0.25) is 0 Å². The van der Waals surface area contributed by atoms with E-state index in [0.717, 1.165) is 19.3 Å². The van der Waals surface area contributed by atoms with Gasteiger partial charge in [-0.1, -0.05) is 45.2 Å². The molecule has 2 atom stereocenters. The molecule has 12 heavy (non-hydrogen) atoms. The van der Waals surface area contributed by atoms with E-state index in [-0.39, 0.29) is 15.1 Å². The van der Waals surface area contributed by atoms with Crippen molar-refractivity contribution in [3.8, 4) is 0 Å². The maximum Gasteiger partial charge on any atom is 0.306 e. The van der Waals surface area contributed by atoms with Gasteiger partial charge in [-0.3, -0.25) is 4.79 Å². The van der Waals surface area contributed by atoms with Crippen molar-refractivity contribution in [1.29, 1.82) is 0 Å². The molecule has 1 rings (SSSR count). The fourth-order valence-electron chi connectivity index (χ4n) is 1.67. The Morgan fingerprint density at radius 1 is 1.58 bits per heavy atom. The highest BCUT2D eigenvalue weighted by Crippen LogP contribution is 2.47. The number of carboxylic acid groups (broad SMARTS) is 1. The lowest BCUT2D eigenvalue weighted by Gasteiger charge is -2.36. The van der Waals surface area contributed by atoms with Gasteiger partial charge < -0.3 is 5.11 Å². The number of hydrogen-bond acceptors (Lipinski definition) is 1. The summed E-state index contributed by atoms with van der Waals surface area (Å²) in [4.78, 5) is 10.8. The van der Waals surface area contributed by atoms with Gasteiger partial charge in [0.2, 0.25) is 0 Å². The summed E-state index contributed by atoms with van der Waals surface area (Å²) in [5, 5.41) is 8.90. The zero-order valence-corrected chi connectivity index (χ0v) is 10.1. The van der Waals surface area contributed by atoms with Crippen LogP contribution in [0.3, 0.4) is 0 Å². The summed E-state index contributed by atoms with van der Waals surface area (Å²) in [6.45, 7) is 1.97. The van der Waals surface area contributed by atoms with Crippen LogP contribution in [-0.2, 0) is 4.79 Å². The summed E-state index contributed by atoms with van der Waals surface area (Å²) in [7, 11) is 0. The molecule has 0 aromatic carbocycles. The van der Waals surface area contributed by atoms with Crippen molar-refractivity contribution in [3.63, 3.8) is 0 Å². The quantitative estimate of drug-likeness (QED) is 0.756. The van der Waals surface area contributed by atoms with Crippen molar-refractivity contribution < 1.29 is 9.90 Å². The highest BCUT2D eigenvalue weighted by molar-refractivity contribution is 9.25. The van der Waals surface area contributed by atoms with Gasteiger partial charge in [0, 0.05) is 0 Å². The number of halogens is 2. The molecule has 0 amide bonds. The molecule has 1 fully saturated rings. The standard InChI is InChI=1S/C8H12Br2O2/c1-5-6(7(11)12)3-2-4-8(5,9)10/h5-6H,2-4H2,1H3,(H,11,12). The van der Waals surface area contributed by atoms with E-state index < -0.39 is 5.97 Å². The smallest absolute Gasteiger partial charge is 0.306 e. The van der Waals surface area contributed by atoms with Crippen molar-refractivity contribution in [2.45, 2.75) is 29.4 Å². The van der Waals surface area contributed by atoms with Gasteiger partial charge in [-0.05, 0) is 18.8 Å². The van der Waals surface area contributed by atoms with Crippen LogP contribution in [0.5, 0.6) is 0 Å². The monoisotopic (exact) mass is 298 g/mol. The molecule has 1 aliphatic carbocycles. The summed E-state index contributed by atoms with van der Waals surface area (Å²) >= 11 is 7.04. The molecular formula is C8H12Br2O2. The van der Waals surface area contributed by atoms with E-state index in [1.165, 1.54) is 0 Å². The Balaban J connectivity index is 2.73. The van der Waals surface area contributed by atoms with Crippen LogP contribution in [0.15, 0.2) is 0 Å². The molecule has 2 nitrogen and oxygen atoms in total. The largest absolute Gasteiger partial charge is 0.481 e. The van der Waals surface area contributed by atoms with Gasteiger partial charge in [0.1, 0.15) is 0 Å². The molecule has 0 aliphatic heterocycles. The molecule has 1 aliphatic rings. The Morgan fingerprint density at radius 2 is 2.17 bits per heavy atom. The maximum absolute atomic E-state index is 10.8. The van der Waals surface area contributed by atoms with Crippen LogP contribution in [0.25, 0.3) is 0 Å². The number of aliphatic carboxylic acids is 1. The van der Waals surface area contributed by atoms with Gasteiger partial charge >= 0.3 is 5.97 Å². The predicted molar refractivity (Wildman–Crippen MR) is 54.7 cm³/mol. The molecule has 0 heterocycles. The average Bonchev–Trinajstić information content (AvgIpc) is 1.94. The predicted octanol–water partition coefficient (Wildman–Crippen LogP) is 2.99. The van der Waals surface area contributed by atoms with E-state index in [9.17, 15) is 4.79 Å². The molecule has 0 aromatic rings. The number of alkyl halides is 2. The zero-order chi connectivity index (χ0) is 9.35. The topological polar surface area (TPSA) is 37.3 Å². The summed E-state index contributed by atoms with van der Waals surface area (Å²) < 4.78 is -0.165. The Labute approximate surface area is 89.0 Å². The molecule has 2 unspecified atom stereocenters. The fraction of sp³-hybridized carbons (Fsp3) is 0.875. The van der Waals surface area contributed by atoms with Crippen LogP contribution in [0, 0.1) is 11.8 Å². The molecule has 4 heteroatoms. The average molecular weight is 300 g/mol. The number of hydrogen-bond donors (Lipinski definition) is 1. The second kappa shape index (κ2) is 3.66. The number of rotatable bonds is 1. The molecular weight excluding hydrogens is 288 g/mol. The van der Waals surface area contributed by atoms with E-state index in [2.05, 4.69) is 31.9 Å². The van der Waals surface area contributed by atoms with Crippen LogP contribution in [0.1, 0.15) is 26.2 Å². The minimum absolute atomic E-state index is 0.142. The van der Waals surface area contributed by atoms with Gasteiger partial charge in [0.15, 0.2) is 0 Å². The Morgan fingerprint density at radius 3 is 2.58 bits per heavy atom. The summed E-state index contributed by atoms with van der Waals surface area (Å²) in [5.74, 6) is -0.744. The lowest BCUT2D eigenvalue weighted by atomic mass is 9.80. The van der Waals surface area contributed by atoms with Gasteiger partial charge in [-0.15, -0.1) is 0 Å². The third-order valence-corrected chi connectivity index (χ3v) is 4.85. The highest BCUT2D eigenvalue weighted by Gasteiger charge is 2.42. The minimum Gasteiger partial charge on any atom is -0.481 e. The van der Waals surface area contributed by atoms with Crippen molar-refractivity contribution in [2.75, 3.05) is 0 Å². The second-order valence-corrected chi connectivity index (χ2v) is 7.28. The molecule has 0 aromatic heterocycles. The second-order valence-electron chi connectivity index (χ2n) is 3.39. The molecule has 1 N–H and O–H groups in total. The van der Waals surface area contributed by atoms with Crippen LogP contribution in [0.4, 0.5) is 0 Å². The SMILES string of the molecule is CC1C(C(=O)O)CCCC1(Br)Br. The third kappa shape index (κ3) is 2.02. The lowest BCUT2D eigenvalue weighted by molar-refractivity contribution is -0.144. The van der Waals surface area contributed by atoms with Crippen molar-refractivity contribution in [1.82, 2.24) is 0 Å². The van der Waals surface area contributed by atoms with Crippen LogP contribution in [-0.4, -0.2) is 14.3 Å². The van der Waals surface area contributed by atoms with Crippen molar-refractivity contribution in [3.05, 3.63) is 0 Å². The first kappa shape index (κ1) is 10.5. The number of carboxylic acids is 1. The molecule has 0 saturated heterocycles. The van der Waals surface area contributed by atoms with Gasteiger partial charge in [-0.2, -0.15) is 0 Å². The lowest BCUT2D eigenvalue weighted by Crippen LogP contribution is -2.37. The van der Waals surface area contributed by atoms with E-state index >= 15 is 0 Å². The van der Waals surface area contributed by atoms with E-state index in [1.54, 1.807) is 0 Å². The summed E-state index contributed by atoms with van der Waals surface area (Å²) in [6, 6.07) is 0. The first-order valence-electron chi connectivity index (χ1n) is 4.06. The molecule has 70 valence electrons. The first-order valence-corrected chi connectivity index (χ1v) is 5.64. The van der Waals surface area contributed by atoms with Gasteiger partial charge in [-0.25, -0.2) is 0 Å². The Bertz CT molecular complexity index is 191. The first-order chi connectivity index (χ1) is 5.45. The van der Waals surface area contributed by atoms with Crippen LogP contribution >= 0.6 is 31.9 Å². The summed E-state index contributed by atoms with van der Waals surface area (Å²) in [5.41, 5.74) is 0. The number of carbonyl (C=O) groups is 1. The maximum atomic E-state index is 10.8. The molecule has 0 bridgehead atoms. The van der Waals surface area contributed by atoms with E-state index in [0.29, 0.717) is 0 Å². The van der Waals surface area contributed by atoms with E-state index in [1.807, 2.05) is 6.92 Å². The van der Waals surface area contributed by atoms with E-state index in [4.69, 9.17) is 5.11 Å². The molecule has 1 saturated carbocycles. The third-order valence-electron chi connectivity index (χ3n) is 2.61.